The fourth-order valence-corrected chi connectivity index (χ4v) is 4.99. The average Bonchev–Trinajstić information content (AvgIpc) is 3.37. The van der Waals surface area contributed by atoms with Crippen molar-refractivity contribution < 1.29 is 9.53 Å². The van der Waals surface area contributed by atoms with E-state index in [2.05, 4.69) is 62.9 Å². The summed E-state index contributed by atoms with van der Waals surface area (Å²) in [5.41, 5.74) is 2.15. The van der Waals surface area contributed by atoms with E-state index in [4.69, 9.17) is 4.74 Å². The van der Waals surface area contributed by atoms with Gasteiger partial charge in [-0.2, -0.15) is 4.68 Å². The fraction of sp³-hybridized carbons (Fsp3) is 0.280. The molecule has 1 aliphatic heterocycles. The van der Waals surface area contributed by atoms with E-state index in [1.54, 1.807) is 11.8 Å². The molecule has 174 valence electrons. The molecule has 0 aliphatic carbocycles. The van der Waals surface area contributed by atoms with Crippen LogP contribution in [0.4, 0.5) is 0 Å². The van der Waals surface area contributed by atoms with Crippen molar-refractivity contribution in [3.63, 3.8) is 0 Å². The minimum Gasteiger partial charge on any atom is -0.497 e. The van der Waals surface area contributed by atoms with Crippen LogP contribution >= 0.6 is 11.8 Å². The molecular formula is C25H26N6O2S. The quantitative estimate of drug-likeness (QED) is 0.381. The van der Waals surface area contributed by atoms with Gasteiger partial charge in [0.15, 0.2) is 0 Å². The highest BCUT2D eigenvalue weighted by atomic mass is 32.2. The molecule has 0 unspecified atom stereocenters. The van der Waals surface area contributed by atoms with Gasteiger partial charge in [-0.3, -0.25) is 9.69 Å². The molecule has 0 atom stereocenters. The van der Waals surface area contributed by atoms with Gasteiger partial charge >= 0.3 is 0 Å². The monoisotopic (exact) mass is 474 g/mol. The van der Waals surface area contributed by atoms with Crippen LogP contribution in [0.25, 0.3) is 16.5 Å². The Kier molecular flexibility index (Phi) is 6.73. The lowest BCUT2D eigenvalue weighted by molar-refractivity contribution is -0.130. The van der Waals surface area contributed by atoms with E-state index in [0.717, 1.165) is 44.2 Å². The predicted octanol–water partition coefficient (Wildman–Crippen LogP) is 3.26. The zero-order chi connectivity index (χ0) is 23.3. The standard InChI is InChI=1S/C25H26N6O2S/c1-33-22-11-9-21(10-12-22)31-25(26-27-28-31)34-18-24(32)30-15-13-29(14-16-30)17-20-7-4-6-19-5-2-3-8-23(19)20/h2-12H,13-18H2,1H3. The molecule has 1 saturated heterocycles. The molecule has 0 saturated carbocycles. The number of fused-ring (bicyclic) bond motifs is 1. The number of carbonyl (C=O) groups is 1. The molecule has 3 aromatic carbocycles. The molecule has 5 rings (SSSR count). The number of nitrogens with zero attached hydrogens (tertiary/aromatic N) is 6. The van der Waals surface area contributed by atoms with Crippen LogP contribution in [0, 0.1) is 0 Å². The topological polar surface area (TPSA) is 76.4 Å². The molecule has 1 fully saturated rings. The second kappa shape index (κ2) is 10.2. The number of carbonyl (C=O) groups excluding carboxylic acids is 1. The maximum atomic E-state index is 12.9. The molecule has 34 heavy (non-hydrogen) atoms. The zero-order valence-corrected chi connectivity index (χ0v) is 19.8. The smallest absolute Gasteiger partial charge is 0.233 e. The SMILES string of the molecule is COc1ccc(-n2nnnc2SCC(=O)N2CCN(Cc3cccc4ccccc34)CC2)cc1. The van der Waals surface area contributed by atoms with Crippen LogP contribution < -0.4 is 4.74 Å². The number of piperazine rings is 1. The third-order valence-corrected chi connectivity index (χ3v) is 6.99. The van der Waals surface area contributed by atoms with Crippen LogP contribution in [0.2, 0.25) is 0 Å². The summed E-state index contributed by atoms with van der Waals surface area (Å²) in [7, 11) is 1.63. The highest BCUT2D eigenvalue weighted by Gasteiger charge is 2.22. The highest BCUT2D eigenvalue weighted by Crippen LogP contribution is 2.22. The molecule has 4 aromatic rings. The first-order valence-corrected chi connectivity index (χ1v) is 12.2. The summed E-state index contributed by atoms with van der Waals surface area (Å²) in [6.45, 7) is 4.09. The number of rotatable bonds is 7. The van der Waals surface area contributed by atoms with Crippen LogP contribution in [0.15, 0.2) is 71.9 Å². The first-order valence-electron chi connectivity index (χ1n) is 11.2. The van der Waals surface area contributed by atoms with E-state index >= 15 is 0 Å². The number of hydrogen-bond acceptors (Lipinski definition) is 7. The van der Waals surface area contributed by atoms with Crippen LogP contribution in [0.3, 0.4) is 0 Å². The predicted molar refractivity (Wildman–Crippen MR) is 132 cm³/mol. The number of methoxy groups -OCH3 is 1. The molecule has 0 bridgehead atoms. The number of tetrazole rings is 1. The van der Waals surface area contributed by atoms with Crippen molar-refractivity contribution >= 4 is 28.4 Å². The second-order valence-electron chi connectivity index (χ2n) is 8.16. The number of amides is 1. The first kappa shape index (κ1) is 22.4. The maximum absolute atomic E-state index is 12.9. The number of benzene rings is 3. The largest absolute Gasteiger partial charge is 0.497 e. The van der Waals surface area contributed by atoms with E-state index in [9.17, 15) is 4.79 Å². The van der Waals surface area contributed by atoms with E-state index in [-0.39, 0.29) is 5.91 Å². The molecule has 0 radical (unpaired) electrons. The minimum atomic E-state index is 0.110. The molecule has 1 amide bonds. The number of thioether (sulfide) groups is 1. The Balaban J connectivity index is 1.14. The van der Waals surface area contributed by atoms with Crippen LogP contribution in [0.5, 0.6) is 5.75 Å². The van der Waals surface area contributed by atoms with Crippen LogP contribution in [0.1, 0.15) is 5.56 Å². The van der Waals surface area contributed by atoms with Gasteiger partial charge in [0.2, 0.25) is 11.1 Å². The second-order valence-corrected chi connectivity index (χ2v) is 9.10. The maximum Gasteiger partial charge on any atom is 0.233 e. The summed E-state index contributed by atoms with van der Waals surface area (Å²) in [4.78, 5) is 17.2. The van der Waals surface area contributed by atoms with Gasteiger partial charge in [-0.1, -0.05) is 54.2 Å². The summed E-state index contributed by atoms with van der Waals surface area (Å²) in [5.74, 6) is 1.18. The van der Waals surface area contributed by atoms with E-state index < -0.39 is 0 Å². The van der Waals surface area contributed by atoms with Gasteiger partial charge in [-0.15, -0.1) is 5.10 Å². The Labute approximate surface area is 202 Å². The molecule has 0 N–H and O–H groups in total. The van der Waals surface area contributed by atoms with Gasteiger partial charge in [-0.25, -0.2) is 0 Å². The molecule has 1 aromatic heterocycles. The third-order valence-electron chi connectivity index (χ3n) is 6.08. The molecule has 0 spiro atoms. The molecule has 1 aliphatic rings. The molecule has 9 heteroatoms. The van der Waals surface area contributed by atoms with Gasteiger partial charge in [0.05, 0.1) is 18.6 Å². The Morgan fingerprint density at radius 2 is 1.74 bits per heavy atom. The van der Waals surface area contributed by atoms with Crippen molar-refractivity contribution in [3.8, 4) is 11.4 Å². The molecular weight excluding hydrogens is 448 g/mol. The summed E-state index contributed by atoms with van der Waals surface area (Å²) in [5, 5.41) is 15.1. The van der Waals surface area contributed by atoms with Crippen molar-refractivity contribution in [2.24, 2.45) is 0 Å². The van der Waals surface area contributed by atoms with Crippen molar-refractivity contribution in [1.82, 2.24) is 30.0 Å². The van der Waals surface area contributed by atoms with Gasteiger partial charge in [0.25, 0.3) is 0 Å². The van der Waals surface area contributed by atoms with Crippen LogP contribution in [-0.4, -0.2) is 75.0 Å². The van der Waals surface area contributed by atoms with E-state index in [1.807, 2.05) is 29.2 Å². The van der Waals surface area contributed by atoms with Crippen molar-refractivity contribution in [2.45, 2.75) is 11.7 Å². The summed E-state index contributed by atoms with van der Waals surface area (Å²) < 4.78 is 6.84. The number of ether oxygens (including phenoxy) is 1. The van der Waals surface area contributed by atoms with Gasteiger partial charge in [0, 0.05) is 32.7 Å². The number of aromatic nitrogens is 4. The Bertz CT molecular complexity index is 1260. The van der Waals surface area contributed by atoms with E-state index in [1.165, 1.54) is 28.1 Å². The van der Waals surface area contributed by atoms with Crippen LogP contribution in [-0.2, 0) is 11.3 Å². The van der Waals surface area contributed by atoms with Gasteiger partial charge < -0.3 is 9.64 Å². The highest BCUT2D eigenvalue weighted by molar-refractivity contribution is 7.99. The summed E-state index contributed by atoms with van der Waals surface area (Å²) in [6.07, 6.45) is 0. The molecule has 8 nitrogen and oxygen atoms in total. The normalized spacial score (nSPS) is 14.4. The summed E-state index contributed by atoms with van der Waals surface area (Å²) in [6, 6.07) is 22.4. The Morgan fingerprint density at radius 1 is 0.971 bits per heavy atom. The lowest BCUT2D eigenvalue weighted by Gasteiger charge is -2.35. The third kappa shape index (κ3) is 4.90. The average molecular weight is 475 g/mol. The van der Waals surface area contributed by atoms with Gasteiger partial charge in [-0.05, 0) is 51.0 Å². The minimum absolute atomic E-state index is 0.110. The molecule has 2 heterocycles. The Morgan fingerprint density at radius 3 is 2.53 bits per heavy atom. The fourth-order valence-electron chi connectivity index (χ4n) is 4.20. The van der Waals surface area contributed by atoms with Crippen molar-refractivity contribution in [2.75, 3.05) is 39.0 Å². The van der Waals surface area contributed by atoms with Crippen molar-refractivity contribution in [3.05, 3.63) is 72.3 Å². The van der Waals surface area contributed by atoms with E-state index in [0.29, 0.717) is 10.9 Å². The summed E-state index contributed by atoms with van der Waals surface area (Å²) >= 11 is 1.36. The lowest BCUT2D eigenvalue weighted by atomic mass is 10.0. The van der Waals surface area contributed by atoms with Gasteiger partial charge in [0.1, 0.15) is 5.75 Å². The Hall–Kier alpha value is -3.43. The zero-order valence-electron chi connectivity index (χ0n) is 19.0. The first-order chi connectivity index (χ1) is 16.7. The number of hydrogen-bond donors (Lipinski definition) is 0. The van der Waals surface area contributed by atoms with Crippen molar-refractivity contribution in [1.29, 1.82) is 0 Å². The lowest BCUT2D eigenvalue weighted by Crippen LogP contribution is -2.48.